The van der Waals surface area contributed by atoms with Crippen molar-refractivity contribution in [2.45, 2.75) is 103 Å². The van der Waals surface area contributed by atoms with Crippen LogP contribution < -0.4 is 0 Å². The number of carbonyl (C=O) groups excluding carboxylic acids is 2. The van der Waals surface area contributed by atoms with Crippen molar-refractivity contribution in [3.05, 3.63) is 47.5 Å². The first-order valence-electron chi connectivity index (χ1n) is 12.1. The van der Waals surface area contributed by atoms with E-state index in [1.165, 1.54) is 0 Å². The van der Waals surface area contributed by atoms with E-state index in [1.54, 1.807) is 0 Å². The molecule has 1 aromatic carbocycles. The highest BCUT2D eigenvalue weighted by Crippen LogP contribution is 2.39. The normalized spacial score (nSPS) is 20.0. The molecule has 1 fully saturated rings. The second-order valence-corrected chi connectivity index (χ2v) is 9.06. The lowest BCUT2D eigenvalue weighted by Crippen LogP contribution is -2.12. The van der Waals surface area contributed by atoms with Crippen LogP contribution in [0.15, 0.2) is 36.4 Å². The summed E-state index contributed by atoms with van der Waals surface area (Å²) in [6, 6.07) is 8.04. The fourth-order valence-corrected chi connectivity index (χ4v) is 4.38. The maximum atomic E-state index is 12.6. The van der Waals surface area contributed by atoms with Crippen LogP contribution in [0.5, 0.6) is 0 Å². The molecule has 1 saturated carbocycles. The van der Waals surface area contributed by atoms with Gasteiger partial charge in [-0.05, 0) is 63.0 Å². The average molecular weight is 429 g/mol. The van der Waals surface area contributed by atoms with Gasteiger partial charge in [-0.2, -0.15) is 0 Å². The largest absolute Gasteiger partial charge is 0.463 e. The third-order valence-electron chi connectivity index (χ3n) is 6.07. The van der Waals surface area contributed by atoms with Gasteiger partial charge in [-0.3, -0.25) is 9.59 Å². The number of aliphatic hydroxyl groups excluding tert-OH is 1. The van der Waals surface area contributed by atoms with Gasteiger partial charge in [-0.1, -0.05) is 62.6 Å². The first kappa shape index (κ1) is 25.3. The molecule has 0 aliphatic heterocycles. The van der Waals surface area contributed by atoms with Crippen molar-refractivity contribution >= 4 is 11.8 Å². The number of hydrogen-bond acceptors (Lipinski definition) is 4. The minimum Gasteiger partial charge on any atom is -0.463 e. The highest BCUT2D eigenvalue weighted by atomic mass is 16.5. The van der Waals surface area contributed by atoms with Gasteiger partial charge < -0.3 is 9.84 Å². The average Bonchev–Trinajstić information content (AvgIpc) is 3.10. The number of ether oxygens (including phenoxy) is 1. The SMILES string of the molecule is CCCCC[C@@H](O)c1ccc([C@H]2C(=O)CCC2C/C=C\CCCC(=O)OC(C)C)cc1. The summed E-state index contributed by atoms with van der Waals surface area (Å²) >= 11 is 0. The van der Waals surface area contributed by atoms with Gasteiger partial charge in [0.2, 0.25) is 0 Å². The molecule has 1 unspecified atom stereocenters. The number of allylic oxidation sites excluding steroid dienone is 2. The molecule has 0 heterocycles. The summed E-state index contributed by atoms with van der Waals surface area (Å²) in [6.45, 7) is 5.88. The van der Waals surface area contributed by atoms with E-state index in [0.29, 0.717) is 24.5 Å². The maximum Gasteiger partial charge on any atom is 0.306 e. The van der Waals surface area contributed by atoms with E-state index >= 15 is 0 Å². The fourth-order valence-electron chi connectivity index (χ4n) is 4.38. The number of hydrogen-bond donors (Lipinski definition) is 1. The Labute approximate surface area is 188 Å². The molecule has 4 heteroatoms. The standard InChI is InChI=1S/C27H40O4/c1-4-5-8-12-24(28)21-14-16-23(17-15-21)27-22(18-19-25(27)29)11-9-6-7-10-13-26(30)31-20(2)3/h6,9,14-17,20,22,24,27-28H,4-5,7-8,10-13,18-19H2,1-3H3/b9-6-/t22?,24-,27+/m1/s1. The number of aliphatic hydroxyl groups is 1. The number of esters is 1. The molecule has 0 saturated heterocycles. The Bertz CT molecular complexity index is 704. The molecule has 0 aromatic heterocycles. The van der Waals surface area contributed by atoms with Crippen LogP contribution in [0.4, 0.5) is 0 Å². The van der Waals surface area contributed by atoms with Gasteiger partial charge in [-0.15, -0.1) is 0 Å². The van der Waals surface area contributed by atoms with Gasteiger partial charge in [0.25, 0.3) is 0 Å². The lowest BCUT2D eigenvalue weighted by atomic mass is 9.85. The molecule has 1 N–H and O–H groups in total. The molecule has 4 nitrogen and oxygen atoms in total. The predicted octanol–water partition coefficient (Wildman–Crippen LogP) is 6.43. The smallest absolute Gasteiger partial charge is 0.306 e. The van der Waals surface area contributed by atoms with Crippen LogP contribution in [-0.4, -0.2) is 23.0 Å². The van der Waals surface area contributed by atoms with Crippen molar-refractivity contribution < 1.29 is 19.4 Å². The molecule has 1 aromatic rings. The number of benzene rings is 1. The van der Waals surface area contributed by atoms with E-state index in [1.807, 2.05) is 38.1 Å². The summed E-state index contributed by atoms with van der Waals surface area (Å²) in [5.41, 5.74) is 2.01. The van der Waals surface area contributed by atoms with Crippen molar-refractivity contribution in [3.8, 4) is 0 Å². The first-order valence-corrected chi connectivity index (χ1v) is 12.1. The van der Waals surface area contributed by atoms with Gasteiger partial charge in [0.1, 0.15) is 5.78 Å². The van der Waals surface area contributed by atoms with Crippen LogP contribution in [0.1, 0.15) is 108 Å². The van der Waals surface area contributed by atoms with Crippen molar-refractivity contribution in [1.29, 1.82) is 0 Å². The van der Waals surface area contributed by atoms with Gasteiger partial charge in [0.15, 0.2) is 0 Å². The number of carbonyl (C=O) groups is 2. The molecule has 31 heavy (non-hydrogen) atoms. The minimum absolute atomic E-state index is 0.0445. The monoisotopic (exact) mass is 428 g/mol. The molecular formula is C27H40O4. The third kappa shape index (κ3) is 8.60. The maximum absolute atomic E-state index is 12.6. The van der Waals surface area contributed by atoms with Gasteiger partial charge in [-0.25, -0.2) is 0 Å². The Kier molecular flexibility index (Phi) is 11.0. The number of rotatable bonds is 13. The molecule has 0 bridgehead atoms. The van der Waals surface area contributed by atoms with Crippen molar-refractivity contribution in [3.63, 3.8) is 0 Å². The van der Waals surface area contributed by atoms with Gasteiger partial charge >= 0.3 is 5.97 Å². The Morgan fingerprint density at radius 3 is 2.58 bits per heavy atom. The quantitative estimate of drug-likeness (QED) is 0.223. The van der Waals surface area contributed by atoms with Crippen LogP contribution in [0, 0.1) is 5.92 Å². The highest BCUT2D eigenvalue weighted by Gasteiger charge is 2.34. The Morgan fingerprint density at radius 1 is 1.16 bits per heavy atom. The molecule has 0 amide bonds. The molecule has 3 atom stereocenters. The Balaban J connectivity index is 1.83. The topological polar surface area (TPSA) is 63.6 Å². The number of unbranched alkanes of at least 4 members (excludes halogenated alkanes) is 3. The zero-order valence-electron chi connectivity index (χ0n) is 19.5. The van der Waals surface area contributed by atoms with E-state index in [-0.39, 0.29) is 18.0 Å². The van der Waals surface area contributed by atoms with Crippen LogP contribution in [0.3, 0.4) is 0 Å². The van der Waals surface area contributed by atoms with Crippen molar-refractivity contribution in [2.24, 2.45) is 5.92 Å². The van der Waals surface area contributed by atoms with Crippen LogP contribution >= 0.6 is 0 Å². The summed E-state index contributed by atoms with van der Waals surface area (Å²) in [5.74, 6) is 0.474. The fraction of sp³-hybridized carbons (Fsp3) is 0.630. The summed E-state index contributed by atoms with van der Waals surface area (Å²) in [7, 11) is 0. The second kappa shape index (κ2) is 13.5. The van der Waals surface area contributed by atoms with E-state index in [2.05, 4.69) is 19.1 Å². The molecule has 1 aliphatic rings. The van der Waals surface area contributed by atoms with E-state index < -0.39 is 6.10 Å². The van der Waals surface area contributed by atoms with E-state index in [0.717, 1.165) is 62.5 Å². The molecule has 2 rings (SSSR count). The predicted molar refractivity (Wildman–Crippen MR) is 125 cm³/mol. The van der Waals surface area contributed by atoms with Crippen molar-refractivity contribution in [1.82, 2.24) is 0 Å². The van der Waals surface area contributed by atoms with Crippen LogP contribution in [0.25, 0.3) is 0 Å². The second-order valence-electron chi connectivity index (χ2n) is 9.06. The van der Waals surface area contributed by atoms with Crippen LogP contribution in [-0.2, 0) is 14.3 Å². The lowest BCUT2D eigenvalue weighted by Gasteiger charge is -2.18. The van der Waals surface area contributed by atoms with E-state index in [9.17, 15) is 14.7 Å². The summed E-state index contributed by atoms with van der Waals surface area (Å²) < 4.78 is 5.14. The highest BCUT2D eigenvalue weighted by molar-refractivity contribution is 5.88. The molecular weight excluding hydrogens is 388 g/mol. The molecule has 0 spiro atoms. The Morgan fingerprint density at radius 2 is 1.90 bits per heavy atom. The molecule has 1 aliphatic carbocycles. The Hall–Kier alpha value is -1.94. The van der Waals surface area contributed by atoms with E-state index in [4.69, 9.17) is 4.74 Å². The lowest BCUT2D eigenvalue weighted by molar-refractivity contribution is -0.147. The summed E-state index contributed by atoms with van der Waals surface area (Å²) in [4.78, 5) is 24.1. The van der Waals surface area contributed by atoms with Gasteiger partial charge in [0, 0.05) is 18.8 Å². The molecule has 0 radical (unpaired) electrons. The first-order chi connectivity index (χ1) is 14.9. The van der Waals surface area contributed by atoms with Crippen molar-refractivity contribution in [2.75, 3.05) is 0 Å². The number of ketones is 1. The zero-order valence-corrected chi connectivity index (χ0v) is 19.5. The third-order valence-corrected chi connectivity index (χ3v) is 6.07. The number of Topliss-reactive ketones (excluding diaryl/α,β-unsaturated/α-hetero) is 1. The molecule has 172 valence electrons. The van der Waals surface area contributed by atoms with Gasteiger partial charge in [0.05, 0.1) is 12.2 Å². The van der Waals surface area contributed by atoms with Crippen LogP contribution in [0.2, 0.25) is 0 Å². The summed E-state index contributed by atoms with van der Waals surface area (Å²) in [5, 5.41) is 10.4. The minimum atomic E-state index is -0.420. The summed E-state index contributed by atoms with van der Waals surface area (Å²) in [6.07, 6.45) is 12.5. The zero-order chi connectivity index (χ0) is 22.6.